The monoisotopic (exact) mass is 291 g/mol. The second kappa shape index (κ2) is 6.09. The molecule has 1 aromatic carbocycles. The highest BCUT2D eigenvalue weighted by Crippen LogP contribution is 2.33. The van der Waals surface area contributed by atoms with Gasteiger partial charge in [0.25, 0.3) is 0 Å². The number of rotatable bonds is 4. The van der Waals surface area contributed by atoms with E-state index in [2.05, 4.69) is 29.1 Å². The fourth-order valence-corrected chi connectivity index (χ4v) is 2.29. The average Bonchev–Trinajstić information content (AvgIpc) is 2.41. The van der Waals surface area contributed by atoms with Crippen LogP contribution in [0.3, 0.4) is 0 Å². The molecule has 0 radical (unpaired) electrons. The Bertz CT molecular complexity index is 614. The molecule has 5 heteroatoms. The molecule has 0 spiro atoms. The number of hydrogen-bond donors (Lipinski definition) is 1. The van der Waals surface area contributed by atoms with E-state index in [1.54, 1.807) is 19.4 Å². The van der Waals surface area contributed by atoms with E-state index in [0.29, 0.717) is 17.6 Å². The van der Waals surface area contributed by atoms with E-state index in [0.717, 1.165) is 21.9 Å². The molecular formula is C15H18ClN3O. The van der Waals surface area contributed by atoms with Crippen LogP contribution in [-0.4, -0.2) is 17.0 Å². The first-order valence-electron chi connectivity index (χ1n) is 6.49. The van der Waals surface area contributed by atoms with Gasteiger partial charge in [-0.3, -0.25) is 4.98 Å². The number of nitrogens with zero attached hydrogens (tertiary/aromatic N) is 2. The number of halogens is 1. The van der Waals surface area contributed by atoms with Gasteiger partial charge in [-0.15, -0.1) is 0 Å². The van der Waals surface area contributed by atoms with Crippen molar-refractivity contribution in [2.45, 2.75) is 26.7 Å². The lowest BCUT2D eigenvalue weighted by molar-refractivity contribution is 0.456. The lowest BCUT2D eigenvalue weighted by Gasteiger charge is -2.14. The van der Waals surface area contributed by atoms with Crippen LogP contribution in [0.15, 0.2) is 24.5 Å². The summed E-state index contributed by atoms with van der Waals surface area (Å²) in [6.45, 7) is 6.16. The fourth-order valence-electron chi connectivity index (χ4n) is 1.85. The second-order valence-electron chi connectivity index (χ2n) is 4.89. The molecule has 0 aliphatic rings. The van der Waals surface area contributed by atoms with Crippen LogP contribution in [0.4, 0.5) is 5.82 Å². The maximum absolute atomic E-state index is 6.25. The fraction of sp³-hybridized carbons (Fsp3) is 0.333. The van der Waals surface area contributed by atoms with E-state index in [1.165, 1.54) is 0 Å². The number of aromatic nitrogens is 2. The van der Waals surface area contributed by atoms with E-state index in [9.17, 15) is 0 Å². The van der Waals surface area contributed by atoms with Gasteiger partial charge in [0, 0.05) is 12.1 Å². The van der Waals surface area contributed by atoms with Crippen molar-refractivity contribution in [1.82, 2.24) is 9.97 Å². The third kappa shape index (κ3) is 3.20. The molecule has 1 heterocycles. The van der Waals surface area contributed by atoms with Crippen LogP contribution in [0.25, 0.3) is 0 Å². The van der Waals surface area contributed by atoms with E-state index in [1.807, 2.05) is 19.1 Å². The zero-order valence-electron chi connectivity index (χ0n) is 12.1. The molecule has 4 nitrogen and oxygen atoms in total. The largest absolute Gasteiger partial charge is 0.437 e. The molecule has 0 saturated heterocycles. The van der Waals surface area contributed by atoms with Crippen molar-refractivity contribution < 1.29 is 4.74 Å². The van der Waals surface area contributed by atoms with Crippen LogP contribution < -0.4 is 10.1 Å². The van der Waals surface area contributed by atoms with Crippen LogP contribution >= 0.6 is 11.6 Å². The van der Waals surface area contributed by atoms with E-state index in [4.69, 9.17) is 16.3 Å². The zero-order chi connectivity index (χ0) is 14.7. The molecule has 0 saturated carbocycles. The minimum Gasteiger partial charge on any atom is -0.437 e. The molecule has 106 valence electrons. The van der Waals surface area contributed by atoms with Gasteiger partial charge in [0.15, 0.2) is 0 Å². The standard InChI is InChI=1S/C15H18ClN3O/c1-9(2)11-6-13(10(3)5-12(11)16)20-15-8-18-7-14(17-4)19-15/h5-9H,1-4H3,(H,17,19). The Morgan fingerprint density at radius 3 is 2.65 bits per heavy atom. The molecule has 0 aliphatic carbocycles. The van der Waals surface area contributed by atoms with Gasteiger partial charge in [-0.2, -0.15) is 4.98 Å². The summed E-state index contributed by atoms with van der Waals surface area (Å²) in [6.07, 6.45) is 3.23. The molecule has 0 fully saturated rings. The third-order valence-corrected chi connectivity index (χ3v) is 3.33. The number of hydrogen-bond acceptors (Lipinski definition) is 4. The van der Waals surface area contributed by atoms with E-state index >= 15 is 0 Å². The first kappa shape index (κ1) is 14.6. The Morgan fingerprint density at radius 2 is 2.00 bits per heavy atom. The summed E-state index contributed by atoms with van der Waals surface area (Å²) >= 11 is 6.25. The van der Waals surface area contributed by atoms with Crippen molar-refractivity contribution in [3.05, 3.63) is 40.7 Å². The predicted octanol–water partition coefficient (Wildman–Crippen LogP) is 4.40. The summed E-state index contributed by atoms with van der Waals surface area (Å²) in [7, 11) is 1.79. The lowest BCUT2D eigenvalue weighted by atomic mass is 10.0. The van der Waals surface area contributed by atoms with Crippen molar-refractivity contribution in [3.8, 4) is 11.6 Å². The van der Waals surface area contributed by atoms with Gasteiger partial charge in [0.1, 0.15) is 11.6 Å². The van der Waals surface area contributed by atoms with Gasteiger partial charge in [0.2, 0.25) is 5.88 Å². The Labute approximate surface area is 124 Å². The highest BCUT2D eigenvalue weighted by Gasteiger charge is 2.11. The summed E-state index contributed by atoms with van der Waals surface area (Å²) in [5.74, 6) is 2.20. The molecule has 1 N–H and O–H groups in total. The Morgan fingerprint density at radius 1 is 1.25 bits per heavy atom. The number of nitrogens with one attached hydrogen (secondary N) is 1. The summed E-state index contributed by atoms with van der Waals surface area (Å²) in [6, 6.07) is 3.89. The summed E-state index contributed by atoms with van der Waals surface area (Å²) < 4.78 is 5.83. The van der Waals surface area contributed by atoms with Gasteiger partial charge in [0.05, 0.1) is 12.4 Å². The highest BCUT2D eigenvalue weighted by molar-refractivity contribution is 6.31. The molecule has 0 unspecified atom stereocenters. The van der Waals surface area contributed by atoms with E-state index in [-0.39, 0.29) is 0 Å². The van der Waals surface area contributed by atoms with Crippen molar-refractivity contribution >= 4 is 17.4 Å². The van der Waals surface area contributed by atoms with Crippen LogP contribution in [0.2, 0.25) is 5.02 Å². The van der Waals surface area contributed by atoms with E-state index < -0.39 is 0 Å². The molecule has 0 bridgehead atoms. The average molecular weight is 292 g/mol. The van der Waals surface area contributed by atoms with Crippen molar-refractivity contribution in [3.63, 3.8) is 0 Å². The van der Waals surface area contributed by atoms with Gasteiger partial charge >= 0.3 is 0 Å². The van der Waals surface area contributed by atoms with Crippen molar-refractivity contribution in [1.29, 1.82) is 0 Å². The van der Waals surface area contributed by atoms with Crippen LogP contribution in [0.1, 0.15) is 30.9 Å². The number of benzene rings is 1. The van der Waals surface area contributed by atoms with Crippen LogP contribution in [-0.2, 0) is 0 Å². The highest BCUT2D eigenvalue weighted by atomic mass is 35.5. The molecule has 0 amide bonds. The smallest absolute Gasteiger partial charge is 0.239 e. The summed E-state index contributed by atoms with van der Waals surface area (Å²) in [5, 5.41) is 3.70. The topological polar surface area (TPSA) is 47.0 Å². The molecule has 1 aromatic heterocycles. The van der Waals surface area contributed by atoms with Crippen LogP contribution in [0.5, 0.6) is 11.6 Å². The first-order valence-corrected chi connectivity index (χ1v) is 6.86. The number of aryl methyl sites for hydroxylation is 1. The van der Waals surface area contributed by atoms with Gasteiger partial charge in [-0.25, -0.2) is 0 Å². The first-order chi connectivity index (χ1) is 9.51. The normalized spacial score (nSPS) is 10.7. The molecule has 0 atom stereocenters. The minimum atomic E-state index is 0.333. The maximum Gasteiger partial charge on any atom is 0.239 e. The number of anilines is 1. The SMILES string of the molecule is CNc1cncc(Oc2cc(C(C)C)c(Cl)cc2C)n1. The Kier molecular flexibility index (Phi) is 4.45. The second-order valence-corrected chi connectivity index (χ2v) is 5.30. The Balaban J connectivity index is 2.35. The zero-order valence-corrected chi connectivity index (χ0v) is 12.8. The molecule has 2 rings (SSSR count). The maximum atomic E-state index is 6.25. The quantitative estimate of drug-likeness (QED) is 0.907. The van der Waals surface area contributed by atoms with Gasteiger partial charge < -0.3 is 10.1 Å². The van der Waals surface area contributed by atoms with Crippen LogP contribution in [0, 0.1) is 6.92 Å². The summed E-state index contributed by atoms with van der Waals surface area (Å²) in [5.41, 5.74) is 2.03. The lowest BCUT2D eigenvalue weighted by Crippen LogP contribution is -1.98. The summed E-state index contributed by atoms with van der Waals surface area (Å²) in [4.78, 5) is 8.38. The van der Waals surface area contributed by atoms with Gasteiger partial charge in [-0.1, -0.05) is 25.4 Å². The predicted molar refractivity (Wildman–Crippen MR) is 81.9 cm³/mol. The number of ether oxygens (including phenoxy) is 1. The molecule has 0 aliphatic heterocycles. The Hall–Kier alpha value is -1.81. The van der Waals surface area contributed by atoms with Gasteiger partial charge in [-0.05, 0) is 36.1 Å². The minimum absolute atomic E-state index is 0.333. The molecule has 20 heavy (non-hydrogen) atoms. The van der Waals surface area contributed by atoms with Crippen molar-refractivity contribution in [2.75, 3.05) is 12.4 Å². The third-order valence-electron chi connectivity index (χ3n) is 3.00. The molecule has 2 aromatic rings. The van der Waals surface area contributed by atoms with Crippen molar-refractivity contribution in [2.24, 2.45) is 0 Å². The molecular weight excluding hydrogens is 274 g/mol.